The van der Waals surface area contributed by atoms with Crippen LogP contribution in [0, 0.1) is 13.8 Å². The summed E-state index contributed by atoms with van der Waals surface area (Å²) in [5.41, 5.74) is 3.80. The lowest BCUT2D eigenvalue weighted by Crippen LogP contribution is -2.35. The van der Waals surface area contributed by atoms with E-state index in [4.69, 9.17) is 0 Å². The van der Waals surface area contributed by atoms with Gasteiger partial charge in [0.15, 0.2) is 0 Å². The van der Waals surface area contributed by atoms with Crippen molar-refractivity contribution in [2.45, 2.75) is 33.4 Å². The topological polar surface area (TPSA) is 77.7 Å². The lowest BCUT2D eigenvalue weighted by molar-refractivity contribution is 0.238. The number of aryl methyl sites for hydroxylation is 2. The second kappa shape index (κ2) is 4.62. The minimum absolute atomic E-state index is 0.00888. The fourth-order valence-electron chi connectivity index (χ4n) is 2.52. The van der Waals surface area contributed by atoms with E-state index in [1.165, 1.54) is 0 Å². The Hall–Kier alpha value is -1.95. The van der Waals surface area contributed by atoms with Gasteiger partial charge in [0.05, 0.1) is 17.0 Å². The molecule has 0 aromatic carbocycles. The average Bonchev–Trinajstić information content (AvgIpc) is 2.75. The first-order chi connectivity index (χ1) is 9.11. The standard InChI is InChI=1S/C13H17N5O/c1-8-5-10(17-16-8)6-18-4-3-12-11(7-18)13(19)15-9(2)14-12/h5H,3-4,6-7H2,1-2H3,(H,16,17)(H,14,15,19). The molecule has 0 unspecified atom stereocenters. The fourth-order valence-corrected chi connectivity index (χ4v) is 2.52. The number of hydrogen-bond donors (Lipinski definition) is 2. The van der Waals surface area contributed by atoms with Crippen molar-refractivity contribution in [2.24, 2.45) is 0 Å². The molecule has 100 valence electrons. The Morgan fingerprint density at radius 3 is 3.00 bits per heavy atom. The van der Waals surface area contributed by atoms with Gasteiger partial charge in [0, 0.05) is 31.7 Å². The molecule has 1 aliphatic heterocycles. The van der Waals surface area contributed by atoms with E-state index in [0.29, 0.717) is 12.4 Å². The third-order valence-electron chi connectivity index (χ3n) is 3.41. The first-order valence-corrected chi connectivity index (χ1v) is 6.44. The van der Waals surface area contributed by atoms with Gasteiger partial charge in [-0.05, 0) is 19.9 Å². The van der Waals surface area contributed by atoms with E-state index >= 15 is 0 Å². The molecule has 0 saturated heterocycles. The highest BCUT2D eigenvalue weighted by Crippen LogP contribution is 2.15. The SMILES string of the molecule is Cc1cc(CN2CCc3nc(C)[nH]c(=O)c3C2)n[nH]1. The van der Waals surface area contributed by atoms with Gasteiger partial charge in [-0.1, -0.05) is 0 Å². The molecule has 6 nitrogen and oxygen atoms in total. The van der Waals surface area contributed by atoms with Crippen molar-refractivity contribution in [3.05, 3.63) is 44.9 Å². The molecule has 0 amide bonds. The van der Waals surface area contributed by atoms with Crippen molar-refractivity contribution in [3.63, 3.8) is 0 Å². The summed E-state index contributed by atoms with van der Waals surface area (Å²) in [6.45, 7) is 6.12. The molecule has 2 aromatic heterocycles. The van der Waals surface area contributed by atoms with Gasteiger partial charge in [0.25, 0.3) is 5.56 Å². The van der Waals surface area contributed by atoms with Crippen molar-refractivity contribution < 1.29 is 0 Å². The van der Waals surface area contributed by atoms with E-state index in [0.717, 1.165) is 42.2 Å². The molecule has 0 spiro atoms. The van der Waals surface area contributed by atoms with Gasteiger partial charge in [-0.3, -0.25) is 14.8 Å². The summed E-state index contributed by atoms with van der Waals surface area (Å²) in [7, 11) is 0. The fraction of sp³-hybridized carbons (Fsp3) is 0.462. The number of fused-ring (bicyclic) bond motifs is 1. The molecule has 3 rings (SSSR count). The third-order valence-corrected chi connectivity index (χ3v) is 3.41. The molecule has 2 N–H and O–H groups in total. The molecule has 0 aliphatic carbocycles. The van der Waals surface area contributed by atoms with Crippen LogP contribution in [0.5, 0.6) is 0 Å². The predicted octanol–water partition coefficient (Wildman–Crippen LogP) is 0.668. The second-order valence-corrected chi connectivity index (χ2v) is 5.08. The van der Waals surface area contributed by atoms with Crippen molar-refractivity contribution in [2.75, 3.05) is 6.54 Å². The summed E-state index contributed by atoms with van der Waals surface area (Å²) in [5.74, 6) is 0.695. The zero-order valence-electron chi connectivity index (χ0n) is 11.2. The molecule has 0 atom stereocenters. The zero-order valence-corrected chi connectivity index (χ0v) is 11.2. The van der Waals surface area contributed by atoms with Gasteiger partial charge in [-0.25, -0.2) is 4.98 Å². The van der Waals surface area contributed by atoms with Crippen LogP contribution in [0.4, 0.5) is 0 Å². The normalized spacial score (nSPS) is 15.5. The smallest absolute Gasteiger partial charge is 0.255 e. The first kappa shape index (κ1) is 12.1. The quantitative estimate of drug-likeness (QED) is 0.831. The van der Waals surface area contributed by atoms with Gasteiger partial charge < -0.3 is 4.98 Å². The van der Waals surface area contributed by atoms with Gasteiger partial charge in [-0.15, -0.1) is 0 Å². The first-order valence-electron chi connectivity index (χ1n) is 6.44. The van der Waals surface area contributed by atoms with Crippen LogP contribution in [0.25, 0.3) is 0 Å². The van der Waals surface area contributed by atoms with E-state index in [9.17, 15) is 4.79 Å². The van der Waals surface area contributed by atoms with Crippen LogP contribution in [-0.4, -0.2) is 31.6 Å². The van der Waals surface area contributed by atoms with Crippen molar-refractivity contribution in [1.82, 2.24) is 25.1 Å². The Morgan fingerprint density at radius 1 is 1.42 bits per heavy atom. The van der Waals surface area contributed by atoms with Crippen molar-refractivity contribution in [3.8, 4) is 0 Å². The number of hydrogen-bond acceptors (Lipinski definition) is 4. The number of aromatic nitrogens is 4. The van der Waals surface area contributed by atoms with Gasteiger partial charge in [-0.2, -0.15) is 5.10 Å². The molecule has 19 heavy (non-hydrogen) atoms. The van der Waals surface area contributed by atoms with Gasteiger partial charge in [0.1, 0.15) is 5.82 Å². The maximum atomic E-state index is 11.9. The highest BCUT2D eigenvalue weighted by molar-refractivity contribution is 5.21. The Bertz CT molecular complexity index is 657. The molecular weight excluding hydrogens is 242 g/mol. The van der Waals surface area contributed by atoms with E-state index in [2.05, 4.69) is 25.1 Å². The third kappa shape index (κ3) is 2.44. The Morgan fingerprint density at radius 2 is 2.26 bits per heavy atom. The molecule has 0 saturated carbocycles. The van der Waals surface area contributed by atoms with Crippen LogP contribution >= 0.6 is 0 Å². The number of H-pyrrole nitrogens is 2. The van der Waals surface area contributed by atoms with Crippen molar-refractivity contribution in [1.29, 1.82) is 0 Å². The molecule has 0 radical (unpaired) electrons. The number of rotatable bonds is 2. The minimum atomic E-state index is -0.00888. The molecular formula is C13H17N5O. The van der Waals surface area contributed by atoms with Gasteiger partial charge >= 0.3 is 0 Å². The van der Waals surface area contributed by atoms with Crippen LogP contribution in [0.1, 0.15) is 28.5 Å². The molecule has 6 heteroatoms. The molecule has 0 bridgehead atoms. The monoisotopic (exact) mass is 259 g/mol. The van der Waals surface area contributed by atoms with Crippen LogP contribution in [0.15, 0.2) is 10.9 Å². The van der Waals surface area contributed by atoms with E-state index in [1.54, 1.807) is 0 Å². The average molecular weight is 259 g/mol. The Kier molecular flexibility index (Phi) is 2.94. The molecule has 3 heterocycles. The van der Waals surface area contributed by atoms with Gasteiger partial charge in [0.2, 0.25) is 0 Å². The maximum Gasteiger partial charge on any atom is 0.255 e. The minimum Gasteiger partial charge on any atom is -0.310 e. The van der Waals surface area contributed by atoms with E-state index in [-0.39, 0.29) is 5.56 Å². The Labute approximate surface area is 110 Å². The summed E-state index contributed by atoms with van der Waals surface area (Å²) in [4.78, 5) is 21.4. The predicted molar refractivity (Wildman–Crippen MR) is 70.7 cm³/mol. The summed E-state index contributed by atoms with van der Waals surface area (Å²) in [6, 6.07) is 2.03. The number of aromatic amines is 2. The second-order valence-electron chi connectivity index (χ2n) is 5.08. The van der Waals surface area contributed by atoms with E-state index < -0.39 is 0 Å². The largest absolute Gasteiger partial charge is 0.310 e. The highest BCUT2D eigenvalue weighted by atomic mass is 16.1. The number of nitrogens with zero attached hydrogens (tertiary/aromatic N) is 3. The van der Waals surface area contributed by atoms with Crippen molar-refractivity contribution >= 4 is 0 Å². The highest BCUT2D eigenvalue weighted by Gasteiger charge is 2.21. The van der Waals surface area contributed by atoms with Crippen LogP contribution in [0.3, 0.4) is 0 Å². The summed E-state index contributed by atoms with van der Waals surface area (Å²) in [6.07, 6.45) is 0.823. The van der Waals surface area contributed by atoms with Crippen LogP contribution in [0.2, 0.25) is 0 Å². The van der Waals surface area contributed by atoms with Crippen LogP contribution in [-0.2, 0) is 19.5 Å². The summed E-state index contributed by atoms with van der Waals surface area (Å²) < 4.78 is 0. The number of nitrogens with one attached hydrogen (secondary N) is 2. The molecule has 0 fully saturated rings. The summed E-state index contributed by atoms with van der Waals surface area (Å²) >= 11 is 0. The lowest BCUT2D eigenvalue weighted by Gasteiger charge is -2.26. The lowest BCUT2D eigenvalue weighted by atomic mass is 10.1. The summed E-state index contributed by atoms with van der Waals surface area (Å²) in [5, 5.41) is 7.17. The van der Waals surface area contributed by atoms with E-state index in [1.807, 2.05) is 19.9 Å². The molecule has 1 aliphatic rings. The zero-order chi connectivity index (χ0) is 13.4. The maximum absolute atomic E-state index is 11.9. The molecule has 2 aromatic rings. The Balaban J connectivity index is 1.80. The van der Waals surface area contributed by atoms with Crippen LogP contribution < -0.4 is 5.56 Å².